The summed E-state index contributed by atoms with van der Waals surface area (Å²) >= 11 is 0. The molecule has 0 radical (unpaired) electrons. The summed E-state index contributed by atoms with van der Waals surface area (Å²) in [5.74, 6) is -0.164. The minimum atomic E-state index is -0.967. The van der Waals surface area contributed by atoms with Crippen molar-refractivity contribution < 1.29 is 19.4 Å². The van der Waals surface area contributed by atoms with Crippen molar-refractivity contribution in [1.29, 1.82) is 0 Å². The summed E-state index contributed by atoms with van der Waals surface area (Å²) in [6, 6.07) is 22.4. The number of ether oxygens (including phenoxy) is 2. The summed E-state index contributed by atoms with van der Waals surface area (Å²) in [5, 5.41) is 17.1. The number of methoxy groups -OCH3 is 1. The molecule has 1 heterocycles. The Morgan fingerprint density at radius 1 is 0.971 bits per heavy atom. The van der Waals surface area contributed by atoms with Gasteiger partial charge >= 0.3 is 5.97 Å². The van der Waals surface area contributed by atoms with E-state index in [2.05, 4.69) is 41.4 Å². The molecule has 1 aromatic heterocycles. The van der Waals surface area contributed by atoms with E-state index in [4.69, 9.17) is 14.6 Å². The monoisotopic (exact) mass is 468 g/mol. The van der Waals surface area contributed by atoms with Crippen LogP contribution in [0, 0.1) is 0 Å². The van der Waals surface area contributed by atoms with Crippen LogP contribution in [0.2, 0.25) is 0 Å². The van der Waals surface area contributed by atoms with Gasteiger partial charge in [-0.05, 0) is 70.2 Å². The Labute approximate surface area is 204 Å². The third kappa shape index (κ3) is 5.86. The van der Waals surface area contributed by atoms with Gasteiger partial charge in [0.25, 0.3) is 0 Å². The number of allylic oxidation sites excluding steroid dienone is 1. The van der Waals surface area contributed by atoms with Crippen molar-refractivity contribution in [2.45, 2.75) is 13.3 Å². The van der Waals surface area contributed by atoms with Crippen LogP contribution in [0.4, 0.5) is 0 Å². The Bertz CT molecular complexity index is 1350. The van der Waals surface area contributed by atoms with Crippen molar-refractivity contribution in [3.63, 3.8) is 0 Å². The molecule has 0 saturated carbocycles. The van der Waals surface area contributed by atoms with Crippen LogP contribution in [0.25, 0.3) is 28.1 Å². The van der Waals surface area contributed by atoms with Gasteiger partial charge in [-0.15, -0.1) is 0 Å². The van der Waals surface area contributed by atoms with Crippen molar-refractivity contribution in [3.8, 4) is 5.75 Å². The predicted octanol–water partition coefficient (Wildman–Crippen LogP) is 6.06. The number of aliphatic carboxylic acids is 1. The first kappa shape index (κ1) is 24.0. The molecule has 0 aliphatic rings. The number of nitrogens with zero attached hydrogens (tertiary/aromatic N) is 1. The Kier molecular flexibility index (Phi) is 7.75. The molecule has 0 atom stereocenters. The third-order valence-electron chi connectivity index (χ3n) is 5.76. The largest absolute Gasteiger partial charge is 0.491 e. The van der Waals surface area contributed by atoms with Crippen LogP contribution in [0.3, 0.4) is 0 Å². The van der Waals surface area contributed by atoms with Gasteiger partial charge in [-0.25, -0.2) is 4.79 Å². The molecule has 0 spiro atoms. The molecule has 2 N–H and O–H groups in total. The highest BCUT2D eigenvalue weighted by Gasteiger charge is 2.14. The molecule has 3 aromatic carbocycles. The van der Waals surface area contributed by atoms with Crippen molar-refractivity contribution >= 4 is 34.1 Å². The average molecular weight is 469 g/mol. The van der Waals surface area contributed by atoms with Crippen molar-refractivity contribution in [3.05, 3.63) is 101 Å². The Morgan fingerprint density at radius 2 is 1.69 bits per heavy atom. The number of carbonyl (C=O) groups is 1. The van der Waals surface area contributed by atoms with Gasteiger partial charge < -0.3 is 14.6 Å². The maximum absolute atomic E-state index is 10.9. The molecule has 35 heavy (non-hydrogen) atoms. The molecule has 0 aliphatic heterocycles. The van der Waals surface area contributed by atoms with Gasteiger partial charge in [0.15, 0.2) is 0 Å². The van der Waals surface area contributed by atoms with Crippen LogP contribution in [-0.2, 0) is 9.53 Å². The zero-order chi connectivity index (χ0) is 24.6. The number of aromatic nitrogens is 2. The van der Waals surface area contributed by atoms with Crippen LogP contribution in [-0.4, -0.2) is 41.6 Å². The zero-order valence-electron chi connectivity index (χ0n) is 19.8. The van der Waals surface area contributed by atoms with E-state index in [1.807, 2.05) is 48.7 Å². The molecule has 4 aromatic rings. The lowest BCUT2D eigenvalue weighted by Crippen LogP contribution is -2.04. The first-order valence-corrected chi connectivity index (χ1v) is 11.5. The predicted molar refractivity (Wildman–Crippen MR) is 139 cm³/mol. The molecule has 6 heteroatoms. The molecule has 0 unspecified atom stereocenters. The molecule has 0 saturated heterocycles. The van der Waals surface area contributed by atoms with Crippen molar-refractivity contribution in [1.82, 2.24) is 10.2 Å². The van der Waals surface area contributed by atoms with Gasteiger partial charge in [-0.3, -0.25) is 5.10 Å². The fraction of sp³-hybridized carbons (Fsp3) is 0.172. The molecular formula is C29H28N2O4. The number of fused-ring (bicyclic) bond motifs is 1. The van der Waals surface area contributed by atoms with Crippen molar-refractivity contribution in [2.75, 3.05) is 20.3 Å². The number of rotatable bonds is 10. The Hall–Kier alpha value is -4.16. The first-order chi connectivity index (χ1) is 17.1. The highest BCUT2D eigenvalue weighted by Crippen LogP contribution is 2.36. The third-order valence-corrected chi connectivity index (χ3v) is 5.76. The molecule has 0 bridgehead atoms. The summed E-state index contributed by atoms with van der Waals surface area (Å²) in [7, 11) is 1.65. The van der Waals surface area contributed by atoms with E-state index in [9.17, 15) is 4.79 Å². The minimum Gasteiger partial charge on any atom is -0.491 e. The SMILES string of the molecule is CCC(=C(c1ccc(C=CC(=O)O)cc1)c1ccc2[nH]ncc2c1)c1ccc(OCCOC)cc1. The summed E-state index contributed by atoms with van der Waals surface area (Å²) in [4.78, 5) is 10.9. The maximum atomic E-state index is 10.9. The molecule has 6 nitrogen and oxygen atoms in total. The molecule has 0 amide bonds. The quantitative estimate of drug-likeness (QED) is 0.168. The maximum Gasteiger partial charge on any atom is 0.328 e. The summed E-state index contributed by atoms with van der Waals surface area (Å²) in [6.45, 7) is 3.20. The number of carboxylic acid groups (broad SMARTS) is 1. The van der Waals surface area contributed by atoms with E-state index >= 15 is 0 Å². The van der Waals surface area contributed by atoms with Crippen molar-refractivity contribution in [2.24, 2.45) is 0 Å². The van der Waals surface area contributed by atoms with Gasteiger partial charge in [0.1, 0.15) is 12.4 Å². The fourth-order valence-corrected chi connectivity index (χ4v) is 4.06. The number of hydrogen-bond donors (Lipinski definition) is 2. The first-order valence-electron chi connectivity index (χ1n) is 11.5. The lowest BCUT2D eigenvalue weighted by molar-refractivity contribution is -0.131. The van der Waals surface area contributed by atoms with E-state index in [1.165, 1.54) is 5.57 Å². The van der Waals surface area contributed by atoms with Crippen LogP contribution >= 0.6 is 0 Å². The fourth-order valence-electron chi connectivity index (χ4n) is 4.06. The lowest BCUT2D eigenvalue weighted by atomic mass is 9.87. The Balaban J connectivity index is 1.79. The van der Waals surface area contributed by atoms with Crippen LogP contribution < -0.4 is 4.74 Å². The number of aromatic amines is 1. The van der Waals surface area contributed by atoms with E-state index in [-0.39, 0.29) is 0 Å². The summed E-state index contributed by atoms with van der Waals surface area (Å²) < 4.78 is 10.8. The van der Waals surface area contributed by atoms with E-state index in [0.29, 0.717) is 13.2 Å². The van der Waals surface area contributed by atoms with E-state index in [1.54, 1.807) is 13.2 Å². The van der Waals surface area contributed by atoms with Gasteiger partial charge in [0, 0.05) is 18.6 Å². The van der Waals surface area contributed by atoms with Gasteiger partial charge in [-0.2, -0.15) is 5.10 Å². The highest BCUT2D eigenvalue weighted by molar-refractivity contribution is 6.00. The van der Waals surface area contributed by atoms with Gasteiger partial charge in [0.05, 0.1) is 18.3 Å². The standard InChI is InChI=1S/C29H28N2O4/c1-3-26(21-9-12-25(13-10-21)35-17-16-34-2)29(23-11-14-27-24(18-23)19-30-31-27)22-7-4-20(5-8-22)6-15-28(32)33/h4-15,18-19H,3,16-17H2,1-2H3,(H,30,31)(H,32,33). The van der Waals surface area contributed by atoms with E-state index in [0.717, 1.165) is 57.0 Å². The smallest absolute Gasteiger partial charge is 0.328 e. The molecule has 0 fully saturated rings. The lowest BCUT2D eigenvalue weighted by Gasteiger charge is -2.17. The van der Waals surface area contributed by atoms with Crippen LogP contribution in [0.5, 0.6) is 5.75 Å². The topological polar surface area (TPSA) is 84.4 Å². The number of nitrogens with one attached hydrogen (secondary N) is 1. The Morgan fingerprint density at radius 3 is 2.37 bits per heavy atom. The number of carboxylic acids is 1. The average Bonchev–Trinajstić information content (AvgIpc) is 3.35. The second-order valence-corrected chi connectivity index (χ2v) is 8.04. The summed E-state index contributed by atoms with van der Waals surface area (Å²) in [6.07, 6.45) is 5.39. The van der Waals surface area contributed by atoms with Gasteiger partial charge in [-0.1, -0.05) is 49.4 Å². The molecular weight excluding hydrogens is 440 g/mol. The molecule has 0 aliphatic carbocycles. The molecule has 178 valence electrons. The minimum absolute atomic E-state index is 0.505. The van der Waals surface area contributed by atoms with E-state index < -0.39 is 5.97 Å². The molecule has 4 rings (SSSR count). The highest BCUT2D eigenvalue weighted by atomic mass is 16.5. The number of H-pyrrole nitrogens is 1. The zero-order valence-corrected chi connectivity index (χ0v) is 19.8. The van der Waals surface area contributed by atoms with Crippen LogP contribution in [0.15, 0.2) is 79.0 Å². The van der Waals surface area contributed by atoms with Crippen LogP contribution in [0.1, 0.15) is 35.6 Å². The second kappa shape index (κ2) is 11.3. The van der Waals surface area contributed by atoms with Gasteiger partial charge in [0.2, 0.25) is 0 Å². The number of benzene rings is 3. The summed E-state index contributed by atoms with van der Waals surface area (Å²) in [5.41, 5.74) is 7.39. The second-order valence-electron chi connectivity index (χ2n) is 8.04. The normalized spacial score (nSPS) is 12.2. The number of hydrogen-bond acceptors (Lipinski definition) is 4.